The molecule has 0 bridgehead atoms. The molecule has 0 N–H and O–H groups in total. The predicted molar refractivity (Wildman–Crippen MR) is 113 cm³/mol. The average molecular weight is 364 g/mol. The first-order valence-corrected chi connectivity index (χ1v) is 9.46. The number of nitrogens with zero attached hydrogens (tertiary/aromatic N) is 2. The van der Waals surface area contributed by atoms with E-state index in [0.717, 1.165) is 35.3 Å². The van der Waals surface area contributed by atoms with Crippen LogP contribution in [0.15, 0.2) is 47.8 Å². The van der Waals surface area contributed by atoms with E-state index in [4.69, 9.17) is 4.74 Å². The Morgan fingerprint density at radius 1 is 1.04 bits per heavy atom. The molecule has 0 unspecified atom stereocenters. The van der Waals surface area contributed by atoms with Crippen LogP contribution < -0.4 is 10.4 Å². The molecule has 2 aromatic carbocycles. The standard InChI is InChI=1S/C23H28N2O2/c1-16(2)25-22-15-19(5)18(4)14-21(22)24(23(25)26)11-6-7-12-27-20-10-8-9-17(3)13-20/h8-10,13-15H,1,6-7,11-12H2,2-5H3. The quantitative estimate of drug-likeness (QED) is 0.548. The molecule has 0 saturated heterocycles. The van der Waals surface area contributed by atoms with E-state index in [0.29, 0.717) is 13.2 Å². The highest BCUT2D eigenvalue weighted by atomic mass is 16.5. The summed E-state index contributed by atoms with van der Waals surface area (Å²) in [5.74, 6) is 0.900. The van der Waals surface area contributed by atoms with E-state index in [2.05, 4.69) is 45.5 Å². The van der Waals surface area contributed by atoms with E-state index in [1.165, 1.54) is 16.7 Å². The van der Waals surface area contributed by atoms with Gasteiger partial charge in [-0.3, -0.25) is 9.13 Å². The van der Waals surface area contributed by atoms with Crippen molar-refractivity contribution >= 4 is 16.7 Å². The monoisotopic (exact) mass is 364 g/mol. The number of hydrogen-bond acceptors (Lipinski definition) is 2. The van der Waals surface area contributed by atoms with Gasteiger partial charge < -0.3 is 4.74 Å². The van der Waals surface area contributed by atoms with Crippen molar-refractivity contribution in [1.82, 2.24) is 9.13 Å². The smallest absolute Gasteiger partial charge is 0.333 e. The molecule has 1 heterocycles. The van der Waals surface area contributed by atoms with Crippen molar-refractivity contribution in [2.45, 2.75) is 47.1 Å². The van der Waals surface area contributed by atoms with E-state index < -0.39 is 0 Å². The molecule has 0 aliphatic carbocycles. The Morgan fingerprint density at radius 2 is 1.74 bits per heavy atom. The molecule has 0 saturated carbocycles. The van der Waals surface area contributed by atoms with Crippen LogP contribution in [0.5, 0.6) is 5.75 Å². The lowest BCUT2D eigenvalue weighted by molar-refractivity contribution is 0.303. The van der Waals surface area contributed by atoms with E-state index in [1.54, 1.807) is 4.57 Å². The van der Waals surface area contributed by atoms with Crippen molar-refractivity contribution in [1.29, 1.82) is 0 Å². The molecule has 0 atom stereocenters. The first-order valence-electron chi connectivity index (χ1n) is 9.46. The molecule has 0 radical (unpaired) electrons. The minimum Gasteiger partial charge on any atom is -0.494 e. The summed E-state index contributed by atoms with van der Waals surface area (Å²) in [4.78, 5) is 12.9. The Hall–Kier alpha value is -2.75. The highest BCUT2D eigenvalue weighted by molar-refractivity contribution is 5.81. The minimum absolute atomic E-state index is 0.0119. The number of allylic oxidation sites excluding steroid dienone is 1. The van der Waals surface area contributed by atoms with Crippen LogP contribution in [0.4, 0.5) is 0 Å². The van der Waals surface area contributed by atoms with Crippen LogP contribution in [0.1, 0.15) is 36.5 Å². The highest BCUT2D eigenvalue weighted by Crippen LogP contribution is 2.21. The van der Waals surface area contributed by atoms with Crippen molar-refractivity contribution in [3.05, 3.63) is 70.2 Å². The number of ether oxygens (including phenoxy) is 1. The third-order valence-corrected chi connectivity index (χ3v) is 4.96. The third kappa shape index (κ3) is 4.00. The van der Waals surface area contributed by atoms with Gasteiger partial charge in [0.25, 0.3) is 0 Å². The van der Waals surface area contributed by atoms with Gasteiger partial charge >= 0.3 is 5.69 Å². The van der Waals surface area contributed by atoms with Crippen LogP contribution in [0.3, 0.4) is 0 Å². The van der Waals surface area contributed by atoms with Crippen molar-refractivity contribution in [3.63, 3.8) is 0 Å². The highest BCUT2D eigenvalue weighted by Gasteiger charge is 2.14. The molecule has 0 aliphatic heterocycles. The largest absolute Gasteiger partial charge is 0.494 e. The van der Waals surface area contributed by atoms with Gasteiger partial charge in [-0.15, -0.1) is 0 Å². The zero-order valence-electron chi connectivity index (χ0n) is 16.7. The van der Waals surface area contributed by atoms with Crippen molar-refractivity contribution in [2.24, 2.45) is 0 Å². The molecule has 1 aromatic heterocycles. The summed E-state index contributed by atoms with van der Waals surface area (Å²) in [7, 11) is 0. The van der Waals surface area contributed by atoms with Crippen LogP contribution in [-0.4, -0.2) is 15.7 Å². The predicted octanol–water partition coefficient (Wildman–Crippen LogP) is 5.08. The van der Waals surface area contributed by atoms with Gasteiger partial charge in [0.2, 0.25) is 0 Å². The van der Waals surface area contributed by atoms with Gasteiger partial charge in [0, 0.05) is 12.2 Å². The minimum atomic E-state index is -0.0119. The van der Waals surface area contributed by atoms with Gasteiger partial charge in [-0.25, -0.2) is 4.79 Å². The summed E-state index contributed by atoms with van der Waals surface area (Å²) in [6, 6.07) is 12.3. The molecule has 3 rings (SSSR count). The molecule has 4 nitrogen and oxygen atoms in total. The number of unbranched alkanes of at least 4 members (excludes halogenated alkanes) is 1. The Kier molecular flexibility index (Phi) is 5.54. The molecular weight excluding hydrogens is 336 g/mol. The van der Waals surface area contributed by atoms with Gasteiger partial charge in [-0.1, -0.05) is 18.7 Å². The second-order valence-corrected chi connectivity index (χ2v) is 7.30. The molecule has 0 aliphatic rings. The third-order valence-electron chi connectivity index (χ3n) is 4.96. The summed E-state index contributed by atoms with van der Waals surface area (Å²) in [5.41, 5.74) is 6.21. The van der Waals surface area contributed by atoms with Gasteiger partial charge in [-0.2, -0.15) is 0 Å². The van der Waals surface area contributed by atoms with Gasteiger partial charge in [-0.05, 0) is 81.5 Å². The Labute approximate surface area is 160 Å². The van der Waals surface area contributed by atoms with E-state index in [1.807, 2.05) is 29.7 Å². The van der Waals surface area contributed by atoms with Crippen molar-refractivity contribution in [2.75, 3.05) is 6.61 Å². The topological polar surface area (TPSA) is 36.2 Å². The van der Waals surface area contributed by atoms with E-state index in [9.17, 15) is 4.79 Å². The fourth-order valence-corrected chi connectivity index (χ4v) is 3.36. The zero-order valence-corrected chi connectivity index (χ0v) is 16.7. The second-order valence-electron chi connectivity index (χ2n) is 7.30. The van der Waals surface area contributed by atoms with Gasteiger partial charge in [0.1, 0.15) is 5.75 Å². The molecule has 0 fully saturated rings. The van der Waals surface area contributed by atoms with Crippen LogP contribution >= 0.6 is 0 Å². The lowest BCUT2D eigenvalue weighted by Crippen LogP contribution is -2.23. The fourth-order valence-electron chi connectivity index (χ4n) is 3.36. The van der Waals surface area contributed by atoms with Gasteiger partial charge in [0.15, 0.2) is 0 Å². The van der Waals surface area contributed by atoms with Gasteiger partial charge in [0.05, 0.1) is 17.6 Å². The first-order chi connectivity index (χ1) is 12.9. The summed E-state index contributed by atoms with van der Waals surface area (Å²) in [6.45, 7) is 13.4. The lowest BCUT2D eigenvalue weighted by Gasteiger charge is -2.08. The number of rotatable bonds is 7. The van der Waals surface area contributed by atoms with Crippen LogP contribution in [0.25, 0.3) is 16.7 Å². The maximum Gasteiger partial charge on any atom is 0.333 e. The van der Waals surface area contributed by atoms with E-state index in [-0.39, 0.29) is 5.69 Å². The second kappa shape index (κ2) is 7.87. The van der Waals surface area contributed by atoms with Crippen molar-refractivity contribution < 1.29 is 4.74 Å². The zero-order chi connectivity index (χ0) is 19.6. The lowest BCUT2D eigenvalue weighted by atomic mass is 10.1. The summed E-state index contributed by atoms with van der Waals surface area (Å²) >= 11 is 0. The Morgan fingerprint density at radius 3 is 2.41 bits per heavy atom. The molecule has 0 amide bonds. The fraction of sp³-hybridized carbons (Fsp3) is 0.348. The molecule has 0 spiro atoms. The molecule has 142 valence electrons. The molecule has 4 heteroatoms. The number of hydrogen-bond donors (Lipinski definition) is 0. The summed E-state index contributed by atoms with van der Waals surface area (Å²) < 4.78 is 9.39. The van der Waals surface area contributed by atoms with Crippen LogP contribution in [-0.2, 0) is 6.54 Å². The SMILES string of the molecule is C=C(C)n1c(=O)n(CCCCOc2cccc(C)c2)c2cc(C)c(C)cc21. The average Bonchev–Trinajstić information content (AvgIpc) is 2.86. The van der Waals surface area contributed by atoms with E-state index >= 15 is 0 Å². The normalized spacial score (nSPS) is 11.1. The summed E-state index contributed by atoms with van der Waals surface area (Å²) in [6.07, 6.45) is 1.78. The molecular formula is C23H28N2O2. The molecule has 3 aromatic rings. The van der Waals surface area contributed by atoms with Crippen molar-refractivity contribution in [3.8, 4) is 5.75 Å². The number of benzene rings is 2. The maximum atomic E-state index is 12.9. The Bertz CT molecular complexity index is 1040. The molecule has 27 heavy (non-hydrogen) atoms. The number of aryl methyl sites for hydroxylation is 4. The number of aromatic nitrogens is 2. The first kappa shape index (κ1) is 19.0. The maximum absolute atomic E-state index is 12.9. The number of imidazole rings is 1. The van der Waals surface area contributed by atoms with Crippen LogP contribution in [0, 0.1) is 20.8 Å². The number of fused-ring (bicyclic) bond motifs is 1. The van der Waals surface area contributed by atoms with Crippen LogP contribution in [0.2, 0.25) is 0 Å². The summed E-state index contributed by atoms with van der Waals surface area (Å²) in [5, 5.41) is 0. The Balaban J connectivity index is 1.73.